The predicted molar refractivity (Wildman–Crippen MR) is 90.8 cm³/mol. The SMILES string of the molecule is CCCNC1CC(C)(CC2CCC2)Oc2ccc(Br)cc21. The number of hydrogen-bond acceptors (Lipinski definition) is 2. The van der Waals surface area contributed by atoms with E-state index in [1.807, 2.05) is 0 Å². The second kappa shape index (κ2) is 6.29. The van der Waals surface area contributed by atoms with E-state index in [9.17, 15) is 0 Å². The van der Waals surface area contributed by atoms with Crippen LogP contribution < -0.4 is 10.1 Å². The average molecular weight is 352 g/mol. The summed E-state index contributed by atoms with van der Waals surface area (Å²) >= 11 is 3.59. The van der Waals surface area contributed by atoms with Crippen molar-refractivity contribution in [1.29, 1.82) is 0 Å². The van der Waals surface area contributed by atoms with Gasteiger partial charge in [-0.05, 0) is 50.4 Å². The van der Waals surface area contributed by atoms with Crippen LogP contribution in [0, 0.1) is 5.92 Å². The maximum absolute atomic E-state index is 6.43. The fourth-order valence-corrected chi connectivity index (χ4v) is 4.05. The third kappa shape index (κ3) is 3.45. The highest BCUT2D eigenvalue weighted by Crippen LogP contribution is 2.45. The average Bonchev–Trinajstić information content (AvgIpc) is 2.41. The summed E-state index contributed by atoms with van der Waals surface area (Å²) in [4.78, 5) is 0. The number of halogens is 1. The lowest BCUT2D eigenvalue weighted by Gasteiger charge is -2.43. The number of nitrogens with one attached hydrogen (secondary N) is 1. The molecule has 1 N–H and O–H groups in total. The van der Waals surface area contributed by atoms with E-state index >= 15 is 0 Å². The number of rotatable bonds is 5. The molecule has 1 aromatic carbocycles. The van der Waals surface area contributed by atoms with Gasteiger partial charge < -0.3 is 10.1 Å². The van der Waals surface area contributed by atoms with E-state index < -0.39 is 0 Å². The zero-order valence-corrected chi connectivity index (χ0v) is 14.7. The zero-order valence-electron chi connectivity index (χ0n) is 13.1. The lowest BCUT2D eigenvalue weighted by Crippen LogP contribution is -2.44. The monoisotopic (exact) mass is 351 g/mol. The van der Waals surface area contributed by atoms with Crippen molar-refractivity contribution in [1.82, 2.24) is 5.32 Å². The van der Waals surface area contributed by atoms with Gasteiger partial charge in [0.15, 0.2) is 0 Å². The number of benzene rings is 1. The molecule has 2 atom stereocenters. The Balaban J connectivity index is 1.82. The molecule has 0 aromatic heterocycles. The van der Waals surface area contributed by atoms with Gasteiger partial charge in [-0.25, -0.2) is 0 Å². The summed E-state index contributed by atoms with van der Waals surface area (Å²) < 4.78 is 7.57. The van der Waals surface area contributed by atoms with E-state index in [1.165, 1.54) is 37.7 Å². The lowest BCUT2D eigenvalue weighted by molar-refractivity contribution is 0.0125. The molecule has 1 heterocycles. The largest absolute Gasteiger partial charge is 0.487 e. The van der Waals surface area contributed by atoms with Crippen molar-refractivity contribution >= 4 is 15.9 Å². The Morgan fingerprint density at radius 3 is 2.86 bits per heavy atom. The summed E-state index contributed by atoms with van der Waals surface area (Å²) in [6, 6.07) is 6.84. The first-order valence-corrected chi connectivity index (χ1v) is 9.11. The quantitative estimate of drug-likeness (QED) is 0.784. The van der Waals surface area contributed by atoms with Gasteiger partial charge in [-0.3, -0.25) is 0 Å². The Hall–Kier alpha value is -0.540. The van der Waals surface area contributed by atoms with Crippen LogP contribution in [0.1, 0.15) is 64.0 Å². The van der Waals surface area contributed by atoms with Crippen LogP contribution in [0.5, 0.6) is 5.75 Å². The lowest BCUT2D eigenvalue weighted by atomic mass is 9.74. The standard InChI is InChI=1S/C18H26BrNO/c1-3-9-20-16-12-18(2,11-13-5-4-6-13)21-17-8-7-14(19)10-15(16)17/h7-8,10,13,16,20H,3-6,9,11-12H2,1-2H3. The first kappa shape index (κ1) is 15.4. The fourth-order valence-electron chi connectivity index (χ4n) is 3.67. The topological polar surface area (TPSA) is 21.3 Å². The van der Waals surface area contributed by atoms with Gasteiger partial charge in [-0.15, -0.1) is 0 Å². The molecule has 3 rings (SSSR count). The molecule has 2 unspecified atom stereocenters. The van der Waals surface area contributed by atoms with E-state index in [1.54, 1.807) is 0 Å². The molecule has 3 heteroatoms. The van der Waals surface area contributed by atoms with Crippen molar-refractivity contribution in [2.24, 2.45) is 5.92 Å². The summed E-state index contributed by atoms with van der Waals surface area (Å²) in [7, 11) is 0. The molecule has 116 valence electrons. The predicted octanol–water partition coefficient (Wildman–Crippen LogP) is 5.22. The third-order valence-electron chi connectivity index (χ3n) is 4.93. The van der Waals surface area contributed by atoms with Crippen molar-refractivity contribution < 1.29 is 4.74 Å². The molecule has 21 heavy (non-hydrogen) atoms. The second-order valence-corrected chi connectivity index (χ2v) is 7.86. The first-order chi connectivity index (χ1) is 10.1. The molecule has 0 bridgehead atoms. The normalized spacial score (nSPS) is 28.6. The Morgan fingerprint density at radius 1 is 1.38 bits per heavy atom. The smallest absolute Gasteiger partial charge is 0.124 e. The highest BCUT2D eigenvalue weighted by Gasteiger charge is 2.39. The Morgan fingerprint density at radius 2 is 2.19 bits per heavy atom. The van der Waals surface area contributed by atoms with Crippen LogP contribution in [-0.4, -0.2) is 12.1 Å². The molecule has 1 saturated carbocycles. The Kier molecular flexibility index (Phi) is 4.60. The van der Waals surface area contributed by atoms with Crippen molar-refractivity contribution in [2.45, 2.75) is 64.0 Å². The van der Waals surface area contributed by atoms with E-state index in [0.29, 0.717) is 6.04 Å². The highest BCUT2D eigenvalue weighted by molar-refractivity contribution is 9.10. The molecular weight excluding hydrogens is 326 g/mol. The van der Waals surface area contributed by atoms with E-state index in [2.05, 4.69) is 53.3 Å². The molecule has 1 aliphatic heterocycles. The van der Waals surface area contributed by atoms with Crippen molar-refractivity contribution in [3.05, 3.63) is 28.2 Å². The minimum absolute atomic E-state index is 0.0165. The molecule has 1 aliphatic carbocycles. The molecule has 0 amide bonds. The number of hydrogen-bond donors (Lipinski definition) is 1. The van der Waals surface area contributed by atoms with E-state index in [0.717, 1.165) is 29.1 Å². The molecule has 2 nitrogen and oxygen atoms in total. The summed E-state index contributed by atoms with van der Waals surface area (Å²) in [6.45, 7) is 5.59. The molecule has 1 fully saturated rings. The van der Waals surface area contributed by atoms with E-state index in [-0.39, 0.29) is 5.60 Å². The van der Waals surface area contributed by atoms with Crippen LogP contribution in [0.25, 0.3) is 0 Å². The maximum Gasteiger partial charge on any atom is 0.124 e. The van der Waals surface area contributed by atoms with Gasteiger partial charge in [0, 0.05) is 22.5 Å². The molecular formula is C18H26BrNO. The van der Waals surface area contributed by atoms with Crippen LogP contribution >= 0.6 is 15.9 Å². The second-order valence-electron chi connectivity index (χ2n) is 6.95. The first-order valence-electron chi connectivity index (χ1n) is 8.31. The Bertz CT molecular complexity index is 500. The van der Waals surface area contributed by atoms with Gasteiger partial charge in [0.2, 0.25) is 0 Å². The van der Waals surface area contributed by atoms with Gasteiger partial charge in [-0.2, -0.15) is 0 Å². The van der Waals surface area contributed by atoms with Crippen LogP contribution in [0.4, 0.5) is 0 Å². The minimum atomic E-state index is -0.0165. The van der Waals surface area contributed by atoms with Gasteiger partial charge in [0.1, 0.15) is 11.4 Å². The van der Waals surface area contributed by atoms with Crippen LogP contribution in [-0.2, 0) is 0 Å². The van der Waals surface area contributed by atoms with Gasteiger partial charge in [0.25, 0.3) is 0 Å². The maximum atomic E-state index is 6.43. The summed E-state index contributed by atoms with van der Waals surface area (Å²) in [5.41, 5.74) is 1.29. The van der Waals surface area contributed by atoms with Crippen molar-refractivity contribution in [3.8, 4) is 5.75 Å². The van der Waals surface area contributed by atoms with Crippen molar-refractivity contribution in [2.75, 3.05) is 6.54 Å². The van der Waals surface area contributed by atoms with Gasteiger partial charge in [-0.1, -0.05) is 42.1 Å². The summed E-state index contributed by atoms with van der Waals surface area (Å²) in [5, 5.41) is 3.72. The zero-order chi connectivity index (χ0) is 14.9. The van der Waals surface area contributed by atoms with Crippen molar-refractivity contribution in [3.63, 3.8) is 0 Å². The molecule has 0 spiro atoms. The summed E-state index contributed by atoms with van der Waals surface area (Å²) in [5.74, 6) is 1.94. The number of ether oxygens (including phenoxy) is 1. The fraction of sp³-hybridized carbons (Fsp3) is 0.667. The highest BCUT2D eigenvalue weighted by atomic mass is 79.9. The summed E-state index contributed by atoms with van der Waals surface area (Å²) in [6.07, 6.45) is 7.62. The van der Waals surface area contributed by atoms with E-state index in [4.69, 9.17) is 4.74 Å². The minimum Gasteiger partial charge on any atom is -0.487 e. The molecule has 0 saturated heterocycles. The van der Waals surface area contributed by atoms with Crippen LogP contribution in [0.2, 0.25) is 0 Å². The number of fused-ring (bicyclic) bond motifs is 1. The Labute approximate surface area is 136 Å². The van der Waals surface area contributed by atoms with Gasteiger partial charge in [0.05, 0.1) is 0 Å². The van der Waals surface area contributed by atoms with Gasteiger partial charge >= 0.3 is 0 Å². The molecule has 2 aliphatic rings. The third-order valence-corrected chi connectivity index (χ3v) is 5.42. The molecule has 1 aromatic rings. The van der Waals surface area contributed by atoms with Crippen LogP contribution in [0.15, 0.2) is 22.7 Å². The van der Waals surface area contributed by atoms with Crippen LogP contribution in [0.3, 0.4) is 0 Å². The molecule has 0 radical (unpaired) electrons.